The summed E-state index contributed by atoms with van der Waals surface area (Å²) in [6.45, 7) is 0. The average molecular weight is 412 g/mol. The Morgan fingerprint density at radius 1 is 1.25 bits per heavy atom. The summed E-state index contributed by atoms with van der Waals surface area (Å²) in [6.07, 6.45) is 0. The molecule has 0 saturated heterocycles. The number of nitriles is 1. The molecule has 20 heavy (non-hydrogen) atoms. The number of anilines is 1. The number of halogens is 3. The van der Waals surface area contributed by atoms with Crippen LogP contribution in [0.25, 0.3) is 0 Å². The molecule has 0 fully saturated rings. The van der Waals surface area contributed by atoms with Gasteiger partial charge >= 0.3 is 0 Å². The van der Waals surface area contributed by atoms with Crippen LogP contribution in [0, 0.1) is 11.3 Å². The fourth-order valence-corrected chi connectivity index (χ4v) is 4.95. The fourth-order valence-electron chi connectivity index (χ4n) is 1.34. The fraction of sp³-hybridized carbons (Fsp3) is 0. The van der Waals surface area contributed by atoms with E-state index < -0.39 is 10.0 Å². The second-order valence-corrected chi connectivity index (χ2v) is 8.69. The third-order valence-corrected chi connectivity index (χ3v) is 6.89. The summed E-state index contributed by atoms with van der Waals surface area (Å²) in [5.41, 5.74) is 0.448. The average Bonchev–Trinajstić information content (AvgIpc) is 2.72. The molecule has 0 aliphatic carbocycles. The van der Waals surface area contributed by atoms with Crippen LogP contribution in [0.5, 0.6) is 0 Å². The van der Waals surface area contributed by atoms with Gasteiger partial charge in [0.2, 0.25) is 0 Å². The van der Waals surface area contributed by atoms with Crippen molar-refractivity contribution in [1.82, 2.24) is 0 Å². The highest BCUT2D eigenvalue weighted by atomic mass is 79.9. The lowest BCUT2D eigenvalue weighted by Gasteiger charge is -2.06. The van der Waals surface area contributed by atoms with E-state index >= 15 is 0 Å². The smallest absolute Gasteiger partial charge is 0.271 e. The lowest BCUT2D eigenvalue weighted by atomic mass is 10.2. The monoisotopic (exact) mass is 410 g/mol. The minimum absolute atomic E-state index is 0.0721. The molecule has 2 rings (SSSR count). The normalized spacial score (nSPS) is 11.1. The molecule has 0 aliphatic heterocycles. The van der Waals surface area contributed by atoms with Crippen LogP contribution in [0.4, 0.5) is 5.69 Å². The van der Waals surface area contributed by atoms with Gasteiger partial charge in [0, 0.05) is 0 Å². The molecule has 1 aromatic heterocycles. The number of benzene rings is 1. The van der Waals surface area contributed by atoms with Crippen LogP contribution < -0.4 is 4.72 Å². The first kappa shape index (κ1) is 15.6. The van der Waals surface area contributed by atoms with E-state index in [-0.39, 0.29) is 20.5 Å². The molecule has 0 saturated carbocycles. The number of sulfonamides is 1. The van der Waals surface area contributed by atoms with Gasteiger partial charge in [-0.2, -0.15) is 5.26 Å². The SMILES string of the molecule is N#Cc1cc(NS(=O)(=O)c2cc(Cl)c(Br)s2)ccc1Cl. The number of nitrogens with zero attached hydrogens (tertiary/aromatic N) is 1. The Kier molecular flexibility index (Phi) is 4.62. The molecule has 0 bridgehead atoms. The molecule has 0 atom stereocenters. The number of hydrogen-bond acceptors (Lipinski definition) is 4. The molecule has 2 aromatic rings. The summed E-state index contributed by atoms with van der Waals surface area (Å²) in [5, 5.41) is 9.45. The van der Waals surface area contributed by atoms with Gasteiger partial charge in [-0.05, 0) is 40.2 Å². The van der Waals surface area contributed by atoms with Gasteiger partial charge in [-0.1, -0.05) is 23.2 Å². The maximum atomic E-state index is 12.2. The van der Waals surface area contributed by atoms with Gasteiger partial charge in [-0.3, -0.25) is 4.72 Å². The van der Waals surface area contributed by atoms with Crippen molar-refractivity contribution in [2.45, 2.75) is 4.21 Å². The zero-order valence-corrected chi connectivity index (χ0v) is 14.3. The molecule has 104 valence electrons. The van der Waals surface area contributed by atoms with Crippen LogP contribution in [-0.2, 0) is 10.0 Å². The van der Waals surface area contributed by atoms with Crippen LogP contribution in [0.1, 0.15) is 5.56 Å². The van der Waals surface area contributed by atoms with Gasteiger partial charge < -0.3 is 0 Å². The lowest BCUT2D eigenvalue weighted by molar-refractivity contribution is 0.603. The summed E-state index contributed by atoms with van der Waals surface area (Å²) in [4.78, 5) is 0. The third-order valence-electron chi connectivity index (χ3n) is 2.23. The predicted molar refractivity (Wildman–Crippen MR) is 84.0 cm³/mol. The molecule has 0 unspecified atom stereocenters. The summed E-state index contributed by atoms with van der Waals surface area (Å²) in [5.74, 6) is 0. The van der Waals surface area contributed by atoms with Gasteiger partial charge in [0.25, 0.3) is 10.0 Å². The van der Waals surface area contributed by atoms with Gasteiger partial charge in [-0.25, -0.2) is 8.42 Å². The molecule has 9 heteroatoms. The Morgan fingerprint density at radius 3 is 2.50 bits per heavy atom. The van der Waals surface area contributed by atoms with Crippen molar-refractivity contribution in [2.75, 3.05) is 4.72 Å². The van der Waals surface area contributed by atoms with Gasteiger partial charge in [0.1, 0.15) is 10.3 Å². The van der Waals surface area contributed by atoms with E-state index in [4.69, 9.17) is 28.5 Å². The molecule has 0 aliphatic rings. The largest absolute Gasteiger partial charge is 0.279 e. The highest BCUT2D eigenvalue weighted by Crippen LogP contribution is 2.35. The summed E-state index contributed by atoms with van der Waals surface area (Å²) in [7, 11) is -3.75. The minimum Gasteiger partial charge on any atom is -0.279 e. The number of rotatable bonds is 3. The van der Waals surface area contributed by atoms with Crippen LogP contribution in [0.3, 0.4) is 0 Å². The quantitative estimate of drug-likeness (QED) is 0.808. The molecule has 4 nitrogen and oxygen atoms in total. The van der Waals surface area contributed by atoms with E-state index in [0.717, 1.165) is 11.3 Å². The van der Waals surface area contributed by atoms with Crippen LogP contribution in [-0.4, -0.2) is 8.42 Å². The number of nitrogens with one attached hydrogen (secondary N) is 1. The molecule has 0 amide bonds. The Balaban J connectivity index is 2.36. The van der Waals surface area contributed by atoms with Crippen molar-refractivity contribution < 1.29 is 8.42 Å². The van der Waals surface area contributed by atoms with Crippen LogP contribution >= 0.6 is 50.5 Å². The van der Waals surface area contributed by atoms with E-state index in [9.17, 15) is 8.42 Å². The number of thiophene rings is 1. The second kappa shape index (κ2) is 5.92. The van der Waals surface area contributed by atoms with Gasteiger partial charge in [0.15, 0.2) is 0 Å². The van der Waals surface area contributed by atoms with E-state index in [1.54, 1.807) is 0 Å². The van der Waals surface area contributed by atoms with Crippen molar-refractivity contribution >= 4 is 66.2 Å². The Bertz CT molecular complexity index is 793. The Labute approximate surface area is 138 Å². The molecular weight excluding hydrogens is 407 g/mol. The lowest BCUT2D eigenvalue weighted by Crippen LogP contribution is -2.11. The van der Waals surface area contributed by atoms with E-state index in [1.807, 2.05) is 6.07 Å². The Morgan fingerprint density at radius 2 is 1.95 bits per heavy atom. The highest BCUT2D eigenvalue weighted by Gasteiger charge is 2.19. The summed E-state index contributed by atoms with van der Waals surface area (Å²) >= 11 is 15.8. The zero-order valence-electron chi connectivity index (χ0n) is 9.52. The zero-order chi connectivity index (χ0) is 14.9. The van der Waals surface area contributed by atoms with Crippen LogP contribution in [0.2, 0.25) is 10.0 Å². The van der Waals surface area contributed by atoms with Crippen molar-refractivity contribution in [3.8, 4) is 6.07 Å². The first-order chi connectivity index (χ1) is 9.33. The second-order valence-electron chi connectivity index (χ2n) is 3.60. The first-order valence-electron chi connectivity index (χ1n) is 5.01. The molecule has 0 radical (unpaired) electrons. The van der Waals surface area contributed by atoms with E-state index in [1.165, 1.54) is 24.3 Å². The van der Waals surface area contributed by atoms with Crippen molar-refractivity contribution in [2.24, 2.45) is 0 Å². The summed E-state index contributed by atoms with van der Waals surface area (Å²) < 4.78 is 27.3. The van der Waals surface area contributed by atoms with Gasteiger partial charge in [-0.15, -0.1) is 11.3 Å². The highest BCUT2D eigenvalue weighted by molar-refractivity contribution is 9.11. The van der Waals surface area contributed by atoms with Crippen molar-refractivity contribution in [1.29, 1.82) is 5.26 Å². The summed E-state index contributed by atoms with van der Waals surface area (Å²) in [6, 6.07) is 7.52. The predicted octanol–water partition coefficient (Wildman–Crippen LogP) is 4.49. The standard InChI is InChI=1S/C11H5BrCl2N2O2S2/c12-11-9(14)4-10(19-11)20(17,18)16-7-1-2-8(13)6(3-7)5-15/h1-4,16H. The molecule has 0 spiro atoms. The van der Waals surface area contributed by atoms with Crippen LogP contribution in [0.15, 0.2) is 32.3 Å². The first-order valence-corrected chi connectivity index (χ1v) is 8.85. The van der Waals surface area contributed by atoms with Crippen molar-refractivity contribution in [3.05, 3.63) is 43.7 Å². The molecule has 1 N–H and O–H groups in total. The minimum atomic E-state index is -3.75. The molecular formula is C11H5BrCl2N2O2S2. The molecule has 1 heterocycles. The topological polar surface area (TPSA) is 70.0 Å². The molecule has 1 aromatic carbocycles. The maximum Gasteiger partial charge on any atom is 0.271 e. The third kappa shape index (κ3) is 3.27. The number of hydrogen-bond donors (Lipinski definition) is 1. The van der Waals surface area contributed by atoms with Crippen molar-refractivity contribution in [3.63, 3.8) is 0 Å². The maximum absolute atomic E-state index is 12.2. The van der Waals surface area contributed by atoms with E-state index in [0.29, 0.717) is 8.81 Å². The van der Waals surface area contributed by atoms with E-state index in [2.05, 4.69) is 20.7 Å². The Hall–Kier alpha value is -0.780. The van der Waals surface area contributed by atoms with Gasteiger partial charge in [0.05, 0.1) is 25.1 Å².